The Morgan fingerprint density at radius 2 is 1.93 bits per heavy atom. The van der Waals surface area contributed by atoms with Gasteiger partial charge in [0.2, 0.25) is 0 Å². The summed E-state index contributed by atoms with van der Waals surface area (Å²) in [5.41, 5.74) is -0.321. The molecule has 3 saturated carbocycles. The summed E-state index contributed by atoms with van der Waals surface area (Å²) in [5.74, 6) is 0.175. The number of hydrogen-bond donors (Lipinski definition) is 1. The van der Waals surface area contributed by atoms with Crippen molar-refractivity contribution < 1.29 is 13.2 Å². The highest BCUT2D eigenvalue weighted by Crippen LogP contribution is 2.62. The van der Waals surface area contributed by atoms with Gasteiger partial charge in [0.15, 0.2) is 0 Å². The highest BCUT2D eigenvalue weighted by Gasteiger charge is 2.58. The van der Waals surface area contributed by atoms with Crippen molar-refractivity contribution in [1.29, 1.82) is 0 Å². The van der Waals surface area contributed by atoms with Gasteiger partial charge in [0, 0.05) is 17.3 Å². The lowest BCUT2D eigenvalue weighted by atomic mass is 9.49. The van der Waals surface area contributed by atoms with Gasteiger partial charge in [-0.1, -0.05) is 18.2 Å². The Morgan fingerprint density at radius 1 is 1.23 bits per heavy atom. The Bertz CT molecular complexity index is 1210. The zero-order valence-corrected chi connectivity index (χ0v) is 17.6. The predicted octanol–water partition coefficient (Wildman–Crippen LogP) is 5.31. The van der Waals surface area contributed by atoms with E-state index in [1.54, 1.807) is 17.7 Å². The molecule has 0 amide bonds. The van der Waals surface area contributed by atoms with Crippen LogP contribution in [0.1, 0.15) is 49.8 Å². The number of alkyl halides is 2. The average molecular weight is 479 g/mol. The molecule has 156 valence electrons. The van der Waals surface area contributed by atoms with Crippen LogP contribution < -0.4 is 10.9 Å². The summed E-state index contributed by atoms with van der Waals surface area (Å²) in [6.45, 7) is 1.67. The largest absolute Gasteiger partial charge is 0.363 e. The third-order valence-corrected chi connectivity index (χ3v) is 7.10. The molecule has 0 unspecified atom stereocenters. The predicted molar refractivity (Wildman–Crippen MR) is 110 cm³/mol. The first-order valence-corrected chi connectivity index (χ1v) is 10.5. The first-order chi connectivity index (χ1) is 14.3. The van der Waals surface area contributed by atoms with Gasteiger partial charge in [-0.2, -0.15) is 0 Å². The molecule has 3 aromatic rings. The van der Waals surface area contributed by atoms with E-state index in [0.29, 0.717) is 27.1 Å². The van der Waals surface area contributed by atoms with Crippen LogP contribution in [0.15, 0.2) is 40.0 Å². The normalized spacial score (nSPS) is 23.2. The molecular weight excluding hydrogens is 461 g/mol. The van der Waals surface area contributed by atoms with E-state index in [1.807, 2.05) is 0 Å². The van der Waals surface area contributed by atoms with E-state index in [4.69, 9.17) is 0 Å². The number of aromatic nitrogens is 3. The number of halogens is 4. The Hall–Kier alpha value is -2.42. The van der Waals surface area contributed by atoms with Gasteiger partial charge in [-0.3, -0.25) is 4.79 Å². The number of hydrogen-bond acceptors (Lipinski definition) is 4. The van der Waals surface area contributed by atoms with Crippen molar-refractivity contribution in [1.82, 2.24) is 14.5 Å². The lowest BCUT2D eigenvalue weighted by molar-refractivity contribution is -0.0912. The first kappa shape index (κ1) is 19.5. The van der Waals surface area contributed by atoms with Crippen LogP contribution in [0.25, 0.3) is 10.9 Å². The number of rotatable bonds is 5. The third kappa shape index (κ3) is 2.78. The van der Waals surface area contributed by atoms with Gasteiger partial charge in [-0.15, -0.1) is 0 Å². The molecular formula is C21H18BrF3N4O. The molecule has 1 aromatic carbocycles. The van der Waals surface area contributed by atoms with Gasteiger partial charge in [0.05, 0.1) is 22.5 Å². The summed E-state index contributed by atoms with van der Waals surface area (Å²) < 4.78 is 42.8. The van der Waals surface area contributed by atoms with Crippen molar-refractivity contribution in [2.75, 3.05) is 5.32 Å². The molecule has 0 saturated heterocycles. The summed E-state index contributed by atoms with van der Waals surface area (Å²) in [4.78, 5) is 21.4. The fraction of sp³-hybridized carbons (Fsp3) is 0.381. The molecule has 1 N–H and O–H groups in total. The number of fused-ring (bicyclic) bond motifs is 1. The van der Waals surface area contributed by atoms with Gasteiger partial charge >= 0.3 is 0 Å². The topological polar surface area (TPSA) is 59.8 Å². The Labute approximate surface area is 178 Å². The van der Waals surface area contributed by atoms with Crippen LogP contribution in [-0.4, -0.2) is 14.5 Å². The van der Waals surface area contributed by atoms with Gasteiger partial charge in [-0.25, -0.2) is 23.1 Å². The summed E-state index contributed by atoms with van der Waals surface area (Å²) in [5, 5.41) is 3.73. The number of nitrogens with one attached hydrogen (secondary N) is 1. The summed E-state index contributed by atoms with van der Waals surface area (Å²) >= 11 is 3.38. The van der Waals surface area contributed by atoms with Crippen LogP contribution in [0.4, 0.5) is 19.0 Å². The first-order valence-electron chi connectivity index (χ1n) is 9.70. The van der Waals surface area contributed by atoms with Crippen LogP contribution in [0, 0.1) is 11.7 Å². The molecule has 3 aliphatic rings. The summed E-state index contributed by atoms with van der Waals surface area (Å²) in [7, 11) is 0. The van der Waals surface area contributed by atoms with E-state index < -0.39 is 23.8 Å². The maximum absolute atomic E-state index is 14.6. The Morgan fingerprint density at radius 3 is 2.57 bits per heavy atom. The van der Waals surface area contributed by atoms with E-state index in [9.17, 15) is 18.0 Å². The molecule has 0 aliphatic heterocycles. The van der Waals surface area contributed by atoms with Crippen molar-refractivity contribution in [3.8, 4) is 0 Å². The van der Waals surface area contributed by atoms with Gasteiger partial charge in [0.1, 0.15) is 22.4 Å². The van der Waals surface area contributed by atoms with Crippen molar-refractivity contribution in [2.45, 2.75) is 44.2 Å². The maximum atomic E-state index is 14.6. The zero-order chi connectivity index (χ0) is 21.2. The van der Waals surface area contributed by atoms with Crippen LogP contribution in [-0.2, 0) is 5.54 Å². The number of pyridine rings is 1. The highest BCUT2D eigenvalue weighted by atomic mass is 79.9. The van der Waals surface area contributed by atoms with Crippen molar-refractivity contribution >= 4 is 32.7 Å². The molecule has 6 rings (SSSR count). The zero-order valence-electron chi connectivity index (χ0n) is 16.0. The number of nitrogens with zero attached hydrogens (tertiary/aromatic N) is 3. The minimum atomic E-state index is -2.89. The molecule has 2 bridgehead atoms. The summed E-state index contributed by atoms with van der Waals surface area (Å²) in [6, 6.07) is 3.33. The van der Waals surface area contributed by atoms with E-state index >= 15 is 0 Å². The maximum Gasteiger partial charge on any atom is 0.267 e. The lowest BCUT2D eigenvalue weighted by Crippen LogP contribution is -2.62. The van der Waals surface area contributed by atoms with E-state index in [1.165, 1.54) is 18.5 Å². The monoisotopic (exact) mass is 478 g/mol. The minimum Gasteiger partial charge on any atom is -0.363 e. The van der Waals surface area contributed by atoms with E-state index in [2.05, 4.69) is 31.2 Å². The van der Waals surface area contributed by atoms with Crippen LogP contribution >= 0.6 is 15.9 Å². The number of benzene rings is 1. The van der Waals surface area contributed by atoms with Crippen molar-refractivity contribution in [3.63, 3.8) is 0 Å². The van der Waals surface area contributed by atoms with E-state index in [0.717, 1.165) is 25.3 Å². The highest BCUT2D eigenvalue weighted by molar-refractivity contribution is 9.10. The smallest absolute Gasteiger partial charge is 0.267 e. The van der Waals surface area contributed by atoms with Crippen LogP contribution in [0.2, 0.25) is 0 Å². The van der Waals surface area contributed by atoms with Crippen molar-refractivity contribution in [3.05, 3.63) is 62.5 Å². The van der Waals surface area contributed by atoms with Gasteiger partial charge in [-0.05, 0) is 48.0 Å². The third-order valence-electron chi connectivity index (χ3n) is 6.39. The minimum absolute atomic E-state index is 0.117. The molecule has 0 spiro atoms. The molecule has 5 nitrogen and oxygen atoms in total. The molecule has 9 heteroatoms. The molecule has 2 heterocycles. The second-order valence-corrected chi connectivity index (χ2v) is 9.02. The number of anilines is 1. The lowest BCUT2D eigenvalue weighted by Gasteiger charge is -2.62. The average Bonchev–Trinajstić information content (AvgIpc) is 2.63. The van der Waals surface area contributed by atoms with E-state index in [-0.39, 0.29) is 16.7 Å². The second kappa shape index (κ2) is 6.80. The molecule has 3 aliphatic carbocycles. The van der Waals surface area contributed by atoms with Gasteiger partial charge < -0.3 is 9.88 Å². The summed E-state index contributed by atoms with van der Waals surface area (Å²) in [6.07, 6.45) is 3.16. The second-order valence-electron chi connectivity index (χ2n) is 8.22. The van der Waals surface area contributed by atoms with Gasteiger partial charge in [0.25, 0.3) is 12.0 Å². The quantitative estimate of drug-likeness (QED) is 0.539. The standard InChI is InChI=1S/C21H18BrF3N4O/c1-10(12-3-2-4-13(16(12)23)18(24)25)28-19-14-8-29(21-5-11(6-21)7-21)20(30)15(22)17(14)26-9-27-19/h2-4,8-11,18H,5-7H2,1H3,(H,26,27,28)/t10-,11?,21?/m0/s1. The molecule has 30 heavy (non-hydrogen) atoms. The molecule has 1 atom stereocenters. The fourth-order valence-electron chi connectivity index (χ4n) is 4.64. The Kier molecular flexibility index (Phi) is 4.43. The SMILES string of the molecule is C[C@H](Nc1ncnc2c(Br)c(=O)n(C34CC(C3)C4)cc12)c1cccc(C(F)F)c1F. The molecule has 3 fully saturated rings. The molecule has 0 radical (unpaired) electrons. The Balaban J connectivity index is 1.57. The molecule has 2 aromatic heterocycles. The van der Waals surface area contributed by atoms with Crippen molar-refractivity contribution in [2.24, 2.45) is 5.92 Å². The van der Waals surface area contributed by atoms with Crippen LogP contribution in [0.3, 0.4) is 0 Å². The fourth-order valence-corrected chi connectivity index (χ4v) is 5.14. The van der Waals surface area contributed by atoms with Crippen LogP contribution in [0.5, 0.6) is 0 Å².